The van der Waals surface area contributed by atoms with Gasteiger partial charge in [-0.15, -0.1) is 0 Å². The molecule has 0 N–H and O–H groups in total. The fourth-order valence-corrected chi connectivity index (χ4v) is 4.16. The van der Waals surface area contributed by atoms with Crippen LogP contribution in [0, 0.1) is 23.2 Å². The summed E-state index contributed by atoms with van der Waals surface area (Å²) in [6, 6.07) is 2.34. The molecule has 0 spiro atoms. The van der Waals surface area contributed by atoms with E-state index in [0.717, 1.165) is 25.7 Å². The summed E-state index contributed by atoms with van der Waals surface area (Å²) in [5.74, 6) is 0.656. The molecule has 1 rings (SSSR count). The third-order valence-corrected chi connectivity index (χ3v) is 5.73. The summed E-state index contributed by atoms with van der Waals surface area (Å²) in [7, 11) is -0.824. The van der Waals surface area contributed by atoms with Gasteiger partial charge in [-0.1, -0.05) is 20.8 Å². The van der Waals surface area contributed by atoms with Crippen molar-refractivity contribution in [3.05, 3.63) is 0 Å². The van der Waals surface area contributed by atoms with Crippen molar-refractivity contribution in [1.82, 2.24) is 0 Å². The molecule has 15 heavy (non-hydrogen) atoms. The highest BCUT2D eigenvalue weighted by Gasteiger charge is 2.34. The Hall–Kier alpha value is -0.360. The molecule has 1 saturated carbocycles. The van der Waals surface area contributed by atoms with E-state index >= 15 is 0 Å². The van der Waals surface area contributed by atoms with E-state index in [4.69, 9.17) is 5.26 Å². The maximum absolute atomic E-state index is 12.2. The van der Waals surface area contributed by atoms with Gasteiger partial charge in [-0.05, 0) is 31.6 Å². The summed E-state index contributed by atoms with van der Waals surface area (Å²) in [4.78, 5) is 0. The van der Waals surface area contributed by atoms with E-state index in [0.29, 0.717) is 5.92 Å². The van der Waals surface area contributed by atoms with E-state index in [1.54, 1.807) is 0 Å². The Kier molecular flexibility index (Phi) is 4.79. The lowest BCUT2D eigenvalue weighted by molar-refractivity contribution is 0.340. The molecule has 5 atom stereocenters. The van der Waals surface area contributed by atoms with Gasteiger partial charge in [0.2, 0.25) is 0 Å². The predicted molar refractivity (Wildman–Crippen MR) is 63.8 cm³/mol. The molecule has 0 aliphatic heterocycles. The highest BCUT2D eigenvalue weighted by Crippen LogP contribution is 2.33. The fourth-order valence-electron chi connectivity index (χ4n) is 2.20. The van der Waals surface area contributed by atoms with Crippen molar-refractivity contribution in [1.29, 1.82) is 5.26 Å². The average molecular weight is 227 g/mol. The Balaban J connectivity index is 2.71. The first-order valence-electron chi connectivity index (χ1n) is 5.89. The smallest absolute Gasteiger partial charge is 0.0668 e. The topological polar surface area (TPSA) is 40.9 Å². The van der Waals surface area contributed by atoms with Crippen LogP contribution in [0.15, 0.2) is 0 Å². The first-order chi connectivity index (χ1) is 7.10. The normalized spacial score (nSPS) is 35.5. The lowest BCUT2D eigenvalue weighted by atomic mass is 9.83. The van der Waals surface area contributed by atoms with Crippen molar-refractivity contribution < 1.29 is 4.21 Å². The van der Waals surface area contributed by atoms with Crippen LogP contribution in [0.2, 0.25) is 0 Å². The summed E-state index contributed by atoms with van der Waals surface area (Å²) in [5, 5.41) is 9.42. The monoisotopic (exact) mass is 227 g/mol. The van der Waals surface area contributed by atoms with E-state index in [9.17, 15) is 4.21 Å². The summed E-state index contributed by atoms with van der Waals surface area (Å²) >= 11 is 0. The largest absolute Gasteiger partial charge is 0.259 e. The van der Waals surface area contributed by atoms with Crippen LogP contribution in [0.5, 0.6) is 0 Å². The third kappa shape index (κ3) is 3.04. The minimum absolute atomic E-state index is 0.0241. The van der Waals surface area contributed by atoms with Crippen LogP contribution in [0.3, 0.4) is 0 Å². The van der Waals surface area contributed by atoms with Crippen molar-refractivity contribution in [2.24, 2.45) is 11.8 Å². The molecule has 0 saturated heterocycles. The second kappa shape index (κ2) is 5.65. The van der Waals surface area contributed by atoms with Gasteiger partial charge in [-0.3, -0.25) is 4.21 Å². The zero-order chi connectivity index (χ0) is 11.4. The van der Waals surface area contributed by atoms with E-state index in [-0.39, 0.29) is 16.4 Å². The maximum atomic E-state index is 12.2. The van der Waals surface area contributed by atoms with Gasteiger partial charge < -0.3 is 0 Å². The van der Waals surface area contributed by atoms with Crippen LogP contribution in [-0.4, -0.2) is 14.7 Å². The van der Waals surface area contributed by atoms with Gasteiger partial charge in [0.15, 0.2) is 0 Å². The highest BCUT2D eigenvalue weighted by molar-refractivity contribution is 7.86. The number of nitriles is 1. The second-order valence-corrected chi connectivity index (χ2v) is 6.81. The summed E-state index contributed by atoms with van der Waals surface area (Å²) in [6.45, 7) is 6.30. The lowest BCUT2D eigenvalue weighted by Gasteiger charge is -2.31. The molecule has 1 aliphatic carbocycles. The zero-order valence-corrected chi connectivity index (χ0v) is 10.7. The fraction of sp³-hybridized carbons (Fsp3) is 0.917. The maximum Gasteiger partial charge on any atom is 0.0668 e. The van der Waals surface area contributed by atoms with Crippen LogP contribution in [-0.2, 0) is 10.8 Å². The summed E-state index contributed by atoms with van der Waals surface area (Å²) in [6.07, 6.45) is 3.96. The predicted octanol–water partition coefficient (Wildman–Crippen LogP) is 2.86. The van der Waals surface area contributed by atoms with E-state index in [1.165, 1.54) is 0 Å². The van der Waals surface area contributed by atoms with Crippen molar-refractivity contribution in [3.63, 3.8) is 0 Å². The molecule has 0 bridgehead atoms. The SMILES string of the molecule is CCC(C)S(=O)C1CC(C)CCC1C#N. The Morgan fingerprint density at radius 2 is 2.20 bits per heavy atom. The quantitative estimate of drug-likeness (QED) is 0.744. The number of hydrogen-bond acceptors (Lipinski definition) is 2. The van der Waals surface area contributed by atoms with Crippen LogP contribution < -0.4 is 0 Å². The standard InChI is InChI=1S/C12H21NOS/c1-4-10(3)15(14)12-7-9(2)5-6-11(12)8-13/h9-12H,4-7H2,1-3H3. The molecule has 0 amide bonds. The molecule has 2 nitrogen and oxygen atoms in total. The van der Waals surface area contributed by atoms with Crippen molar-refractivity contribution in [2.45, 2.75) is 57.0 Å². The van der Waals surface area contributed by atoms with Crippen molar-refractivity contribution >= 4 is 10.8 Å². The number of hydrogen-bond donors (Lipinski definition) is 0. The van der Waals surface area contributed by atoms with Gasteiger partial charge in [0.25, 0.3) is 0 Å². The molecule has 5 unspecified atom stereocenters. The molecule has 0 aromatic heterocycles. The van der Waals surface area contributed by atoms with Gasteiger partial charge >= 0.3 is 0 Å². The van der Waals surface area contributed by atoms with Crippen LogP contribution in [0.25, 0.3) is 0 Å². The van der Waals surface area contributed by atoms with Gasteiger partial charge in [0.1, 0.15) is 0 Å². The van der Waals surface area contributed by atoms with Crippen molar-refractivity contribution in [3.8, 4) is 6.07 Å². The Morgan fingerprint density at radius 1 is 1.53 bits per heavy atom. The summed E-state index contributed by atoms with van der Waals surface area (Å²) < 4.78 is 12.2. The minimum atomic E-state index is -0.824. The minimum Gasteiger partial charge on any atom is -0.259 e. The molecular formula is C12H21NOS. The van der Waals surface area contributed by atoms with E-state index < -0.39 is 10.8 Å². The van der Waals surface area contributed by atoms with Crippen LogP contribution in [0.1, 0.15) is 46.5 Å². The van der Waals surface area contributed by atoms with Gasteiger partial charge in [-0.2, -0.15) is 5.26 Å². The van der Waals surface area contributed by atoms with Gasteiger partial charge in [-0.25, -0.2) is 0 Å². The first kappa shape index (κ1) is 12.7. The Morgan fingerprint density at radius 3 is 2.73 bits per heavy atom. The molecule has 0 radical (unpaired) electrons. The summed E-state index contributed by atoms with van der Waals surface area (Å²) in [5.41, 5.74) is 0. The molecule has 0 heterocycles. The Labute approximate surface area is 95.5 Å². The first-order valence-corrected chi connectivity index (χ1v) is 7.16. The number of rotatable bonds is 3. The van der Waals surface area contributed by atoms with Gasteiger partial charge in [0, 0.05) is 16.0 Å². The van der Waals surface area contributed by atoms with Gasteiger partial charge in [0.05, 0.1) is 17.2 Å². The molecule has 0 aromatic rings. The zero-order valence-electron chi connectivity index (χ0n) is 9.90. The highest BCUT2D eigenvalue weighted by atomic mass is 32.2. The molecule has 0 aromatic carbocycles. The molecule has 1 aliphatic rings. The average Bonchev–Trinajstić information content (AvgIpc) is 2.27. The van der Waals surface area contributed by atoms with Crippen LogP contribution in [0.4, 0.5) is 0 Å². The second-order valence-electron chi connectivity index (χ2n) is 4.74. The van der Waals surface area contributed by atoms with E-state index in [2.05, 4.69) is 19.9 Å². The number of nitrogens with zero attached hydrogens (tertiary/aromatic N) is 1. The molecule has 86 valence electrons. The Bertz CT molecular complexity index is 271. The van der Waals surface area contributed by atoms with E-state index in [1.807, 2.05) is 6.92 Å². The van der Waals surface area contributed by atoms with Crippen LogP contribution >= 0.6 is 0 Å². The molecular weight excluding hydrogens is 206 g/mol. The lowest BCUT2D eigenvalue weighted by Crippen LogP contribution is -2.35. The molecule has 1 fully saturated rings. The third-order valence-electron chi connectivity index (χ3n) is 3.49. The van der Waals surface area contributed by atoms with Crippen molar-refractivity contribution in [2.75, 3.05) is 0 Å². The molecule has 3 heteroatoms.